The highest BCUT2D eigenvalue weighted by Gasteiger charge is 2.04. The van der Waals surface area contributed by atoms with Crippen LogP contribution >= 0.6 is 54.5 Å². The Bertz CT molecular complexity index is 470. The first-order valence-corrected chi connectivity index (χ1v) is 6.23. The molecule has 0 amide bonds. The zero-order valence-electron chi connectivity index (χ0n) is 6.39. The summed E-state index contributed by atoms with van der Waals surface area (Å²) in [5, 5.41) is 2.37. The van der Waals surface area contributed by atoms with Gasteiger partial charge in [0.15, 0.2) is 0 Å². The third kappa shape index (κ3) is 1.89. The van der Waals surface area contributed by atoms with Gasteiger partial charge in [0.2, 0.25) is 0 Å². The van der Waals surface area contributed by atoms with E-state index in [0.717, 1.165) is 17.9 Å². The van der Waals surface area contributed by atoms with Crippen molar-refractivity contribution in [3.8, 4) is 0 Å². The van der Waals surface area contributed by atoms with Crippen molar-refractivity contribution in [1.29, 1.82) is 0 Å². The van der Waals surface area contributed by atoms with Gasteiger partial charge in [0.1, 0.15) is 0 Å². The van der Waals surface area contributed by atoms with E-state index in [1.807, 2.05) is 18.5 Å². The summed E-state index contributed by atoms with van der Waals surface area (Å²) >= 11 is 9.27. The van der Waals surface area contributed by atoms with Crippen molar-refractivity contribution in [2.45, 2.75) is 0 Å². The second-order valence-corrected chi connectivity index (χ2v) is 5.54. The van der Waals surface area contributed by atoms with E-state index in [-0.39, 0.29) is 0 Å². The van der Waals surface area contributed by atoms with Crippen LogP contribution in [0.1, 0.15) is 0 Å². The van der Waals surface area contributed by atoms with Gasteiger partial charge in [-0.25, -0.2) is 0 Å². The molecule has 13 heavy (non-hydrogen) atoms. The Balaban J connectivity index is 2.94. The summed E-state index contributed by atoms with van der Waals surface area (Å²) < 4.78 is 3.33. The Morgan fingerprint density at radius 1 is 1.15 bits per heavy atom. The molecule has 1 heterocycles. The maximum absolute atomic E-state index is 4.15. The number of nitrogens with zero attached hydrogens (tertiary/aromatic N) is 1. The van der Waals surface area contributed by atoms with E-state index in [2.05, 4.69) is 65.5 Å². The van der Waals surface area contributed by atoms with Crippen LogP contribution in [0, 0.1) is 3.57 Å². The van der Waals surface area contributed by atoms with Crippen molar-refractivity contribution in [2.24, 2.45) is 0 Å². The van der Waals surface area contributed by atoms with E-state index in [1.165, 1.54) is 5.39 Å². The second-order valence-electron chi connectivity index (χ2n) is 2.61. The minimum atomic E-state index is 1.07. The highest BCUT2D eigenvalue weighted by molar-refractivity contribution is 14.1. The van der Waals surface area contributed by atoms with Gasteiger partial charge in [-0.15, -0.1) is 0 Å². The van der Waals surface area contributed by atoms with E-state index in [1.54, 1.807) is 0 Å². The Labute approximate surface area is 106 Å². The Morgan fingerprint density at radius 2 is 1.92 bits per heavy atom. The SMILES string of the molecule is Brc1cc(Br)c2c(I)cncc2c1. The minimum Gasteiger partial charge on any atom is -0.263 e. The van der Waals surface area contributed by atoms with Gasteiger partial charge in [-0.1, -0.05) is 31.9 Å². The zero-order chi connectivity index (χ0) is 9.42. The molecule has 0 aliphatic heterocycles. The highest BCUT2D eigenvalue weighted by atomic mass is 127. The van der Waals surface area contributed by atoms with E-state index >= 15 is 0 Å². The first-order chi connectivity index (χ1) is 6.18. The standard InChI is InChI=1S/C9H4Br2IN/c10-6-1-5-3-13-4-8(12)9(5)7(11)2-6/h1-4H. The first-order valence-electron chi connectivity index (χ1n) is 3.57. The summed E-state index contributed by atoms with van der Waals surface area (Å²) in [6.07, 6.45) is 3.73. The van der Waals surface area contributed by atoms with Gasteiger partial charge in [-0.3, -0.25) is 4.98 Å². The molecule has 1 aromatic heterocycles. The molecule has 0 atom stereocenters. The molecular formula is C9H4Br2IN. The van der Waals surface area contributed by atoms with Crippen LogP contribution < -0.4 is 0 Å². The van der Waals surface area contributed by atoms with E-state index in [0.29, 0.717) is 0 Å². The first kappa shape index (κ1) is 9.86. The van der Waals surface area contributed by atoms with Crippen LogP contribution in [0.3, 0.4) is 0 Å². The summed E-state index contributed by atoms with van der Waals surface area (Å²) in [5.74, 6) is 0. The molecule has 66 valence electrons. The lowest BCUT2D eigenvalue weighted by atomic mass is 10.2. The van der Waals surface area contributed by atoms with Gasteiger partial charge in [0.05, 0.1) is 0 Å². The normalized spacial score (nSPS) is 10.7. The molecule has 0 fully saturated rings. The van der Waals surface area contributed by atoms with Gasteiger partial charge < -0.3 is 0 Å². The molecule has 0 saturated heterocycles. The fourth-order valence-corrected chi connectivity index (χ4v) is 3.80. The summed E-state index contributed by atoms with van der Waals surface area (Å²) in [6.45, 7) is 0. The predicted octanol–water partition coefficient (Wildman–Crippen LogP) is 4.36. The number of fused-ring (bicyclic) bond motifs is 1. The molecule has 0 N–H and O–H groups in total. The van der Waals surface area contributed by atoms with E-state index in [9.17, 15) is 0 Å². The molecule has 0 bridgehead atoms. The Kier molecular flexibility index (Phi) is 2.90. The Hall–Kier alpha value is 0.320. The van der Waals surface area contributed by atoms with E-state index in [4.69, 9.17) is 0 Å². The molecule has 0 radical (unpaired) electrons. The molecule has 0 saturated carbocycles. The van der Waals surface area contributed by atoms with Crippen LogP contribution in [0.2, 0.25) is 0 Å². The number of aromatic nitrogens is 1. The topological polar surface area (TPSA) is 12.9 Å². The summed E-state index contributed by atoms with van der Waals surface area (Å²) in [4.78, 5) is 4.15. The van der Waals surface area contributed by atoms with Gasteiger partial charge >= 0.3 is 0 Å². The third-order valence-electron chi connectivity index (χ3n) is 1.73. The number of halogens is 3. The maximum atomic E-state index is 4.15. The fourth-order valence-electron chi connectivity index (χ4n) is 1.19. The van der Waals surface area contributed by atoms with Crippen LogP contribution in [0.25, 0.3) is 10.8 Å². The van der Waals surface area contributed by atoms with Crippen molar-refractivity contribution in [1.82, 2.24) is 4.98 Å². The van der Waals surface area contributed by atoms with Crippen LogP contribution in [0.15, 0.2) is 33.5 Å². The number of hydrogen-bond donors (Lipinski definition) is 0. The molecule has 0 aliphatic carbocycles. The van der Waals surface area contributed by atoms with E-state index < -0.39 is 0 Å². The fraction of sp³-hybridized carbons (Fsp3) is 0. The number of pyridine rings is 1. The van der Waals surface area contributed by atoms with Gasteiger partial charge in [0.25, 0.3) is 0 Å². The minimum absolute atomic E-state index is 1.07. The molecular weight excluding hydrogens is 409 g/mol. The molecule has 2 aromatic rings. The quantitative estimate of drug-likeness (QED) is 0.586. The summed E-state index contributed by atoms with van der Waals surface area (Å²) in [6, 6.07) is 4.11. The smallest absolute Gasteiger partial charge is 0.0408 e. The number of hydrogen-bond acceptors (Lipinski definition) is 1. The monoisotopic (exact) mass is 411 g/mol. The van der Waals surface area contributed by atoms with Crippen LogP contribution in [0.5, 0.6) is 0 Å². The van der Waals surface area contributed by atoms with Crippen molar-refractivity contribution < 1.29 is 0 Å². The summed E-state index contributed by atoms with van der Waals surface area (Å²) in [5.41, 5.74) is 0. The van der Waals surface area contributed by atoms with Gasteiger partial charge in [0, 0.05) is 35.7 Å². The molecule has 2 rings (SSSR count). The van der Waals surface area contributed by atoms with Gasteiger partial charge in [-0.2, -0.15) is 0 Å². The number of rotatable bonds is 0. The lowest BCUT2D eigenvalue weighted by molar-refractivity contribution is 1.34. The second kappa shape index (κ2) is 3.82. The van der Waals surface area contributed by atoms with Crippen molar-refractivity contribution in [3.05, 3.63) is 37.0 Å². The molecule has 1 nitrogen and oxygen atoms in total. The largest absolute Gasteiger partial charge is 0.263 e. The van der Waals surface area contributed by atoms with Crippen molar-refractivity contribution in [3.63, 3.8) is 0 Å². The molecule has 1 aromatic carbocycles. The molecule has 0 spiro atoms. The highest BCUT2D eigenvalue weighted by Crippen LogP contribution is 2.30. The predicted molar refractivity (Wildman–Crippen MR) is 69.9 cm³/mol. The van der Waals surface area contributed by atoms with Crippen molar-refractivity contribution >= 4 is 65.2 Å². The zero-order valence-corrected chi connectivity index (χ0v) is 11.7. The lowest BCUT2D eigenvalue weighted by Crippen LogP contribution is -1.82. The lowest BCUT2D eigenvalue weighted by Gasteiger charge is -2.03. The van der Waals surface area contributed by atoms with Crippen LogP contribution in [-0.4, -0.2) is 4.98 Å². The van der Waals surface area contributed by atoms with Crippen LogP contribution in [0.4, 0.5) is 0 Å². The number of benzene rings is 1. The molecule has 0 aliphatic rings. The molecule has 4 heteroatoms. The maximum Gasteiger partial charge on any atom is 0.0408 e. The Morgan fingerprint density at radius 3 is 2.69 bits per heavy atom. The summed E-state index contributed by atoms with van der Waals surface area (Å²) in [7, 11) is 0. The van der Waals surface area contributed by atoms with Crippen LogP contribution in [-0.2, 0) is 0 Å². The third-order valence-corrected chi connectivity index (χ3v) is 3.63. The molecule has 0 unspecified atom stereocenters. The van der Waals surface area contributed by atoms with Crippen molar-refractivity contribution in [2.75, 3.05) is 0 Å². The average molecular weight is 413 g/mol. The van der Waals surface area contributed by atoms with Gasteiger partial charge in [-0.05, 0) is 34.7 Å². The average Bonchev–Trinajstić information content (AvgIpc) is 2.02.